The lowest BCUT2D eigenvalue weighted by Crippen LogP contribution is -2.30. The quantitative estimate of drug-likeness (QED) is 0.0146. The maximum Gasteiger partial charge on any atom is 0.472 e. The standard InChI is InChI=1S/C103H174O16P2/c1-4-7-10-13-16-19-22-25-28-31-34-37-40-42-44-45-46-47-48-49-50-51-53-55-57-59-62-65-68-71-74-77-80-83-86-89-101(106)113-92-98(104)93-115-120(109,110)116-94-99(105)95-117-121(111,112)118-97-100(119-103(108)91-88-85-82-79-76-73-70-67-64-61-56-39-36-33-30-27-24-21-18-15-12-9-6-3)96-114-102(107)90-87-84-81-78-75-72-69-66-63-60-58-54-52-43-41-38-35-32-29-26-23-20-17-14-11-8-5-2/h8-9,11-12,16-21,25-30,34-39,42-44,52,61,64,70,73,98-100,104-105H,4-7,10,13-15,22-24,31-33,40-41,45-51,53-60,62-63,65-69,71-72,74-97H2,1-3H3,(H,109,110)(H,111,112)/b11-8-,12-9-,19-16-,20-17-,21-18-,28-25-,29-26-,30-27-,37-34-,38-35-,39-36-,44-42-,52-43-,64-61-,73-70-. The molecule has 0 rings (SSSR count). The molecule has 0 aromatic rings. The molecular weight excluding hydrogens is 1560 g/mol. The van der Waals surface area contributed by atoms with Crippen LogP contribution in [-0.2, 0) is 55.8 Å². The van der Waals surface area contributed by atoms with Crippen LogP contribution in [0.15, 0.2) is 182 Å². The molecule has 0 aromatic carbocycles. The predicted molar refractivity (Wildman–Crippen MR) is 509 cm³/mol. The normalized spacial score (nSPS) is 14.5. The minimum absolute atomic E-state index is 0.0685. The number of aliphatic hydroxyl groups excluding tert-OH is 2. The van der Waals surface area contributed by atoms with Crippen molar-refractivity contribution in [3.63, 3.8) is 0 Å². The van der Waals surface area contributed by atoms with Crippen LogP contribution in [0.2, 0.25) is 0 Å². The second-order valence-electron chi connectivity index (χ2n) is 31.8. The van der Waals surface area contributed by atoms with Crippen molar-refractivity contribution in [3.8, 4) is 0 Å². The van der Waals surface area contributed by atoms with Gasteiger partial charge in [-0.3, -0.25) is 32.5 Å². The van der Waals surface area contributed by atoms with Crippen LogP contribution in [-0.4, -0.2) is 95.9 Å². The Labute approximate surface area is 738 Å². The Kier molecular flexibility index (Phi) is 89.6. The van der Waals surface area contributed by atoms with Crippen molar-refractivity contribution >= 4 is 33.6 Å². The lowest BCUT2D eigenvalue weighted by Gasteiger charge is -2.21. The van der Waals surface area contributed by atoms with E-state index in [2.05, 4.69) is 203 Å². The average Bonchev–Trinajstić information content (AvgIpc) is 0.898. The summed E-state index contributed by atoms with van der Waals surface area (Å²) in [6.07, 6.45) is 124. The van der Waals surface area contributed by atoms with Gasteiger partial charge in [0.2, 0.25) is 0 Å². The Morgan fingerprint density at radius 2 is 0.438 bits per heavy atom. The number of carbonyl (C=O) groups is 3. The van der Waals surface area contributed by atoms with Gasteiger partial charge in [0, 0.05) is 19.3 Å². The van der Waals surface area contributed by atoms with E-state index in [4.69, 9.17) is 32.3 Å². The zero-order chi connectivity index (χ0) is 87.9. The highest BCUT2D eigenvalue weighted by molar-refractivity contribution is 7.47. The molecule has 18 heteroatoms. The molecule has 0 amide bonds. The van der Waals surface area contributed by atoms with Gasteiger partial charge in [0.15, 0.2) is 6.10 Å². The average molecular weight is 1730 g/mol. The smallest absolute Gasteiger partial charge is 0.463 e. The van der Waals surface area contributed by atoms with Crippen LogP contribution >= 0.6 is 15.6 Å². The van der Waals surface area contributed by atoms with Gasteiger partial charge < -0.3 is 34.2 Å². The number of phosphoric acid groups is 2. The first-order chi connectivity index (χ1) is 59.2. The molecule has 0 radical (unpaired) electrons. The minimum Gasteiger partial charge on any atom is -0.463 e. The number of carbonyl (C=O) groups excluding carboxylic acids is 3. The van der Waals surface area contributed by atoms with Gasteiger partial charge in [-0.2, -0.15) is 0 Å². The van der Waals surface area contributed by atoms with E-state index in [1.165, 1.54) is 167 Å². The van der Waals surface area contributed by atoms with E-state index < -0.39 is 91.5 Å². The summed E-state index contributed by atoms with van der Waals surface area (Å²) in [5.74, 6) is -1.60. The van der Waals surface area contributed by atoms with E-state index >= 15 is 0 Å². The van der Waals surface area contributed by atoms with Crippen molar-refractivity contribution in [2.24, 2.45) is 0 Å². The fourth-order valence-corrected chi connectivity index (χ4v) is 14.5. The third kappa shape index (κ3) is 95.2. The van der Waals surface area contributed by atoms with Crippen molar-refractivity contribution < 1.29 is 75.8 Å². The summed E-state index contributed by atoms with van der Waals surface area (Å²) in [5, 5.41) is 20.8. The molecule has 0 fully saturated rings. The second kappa shape index (κ2) is 93.8. The van der Waals surface area contributed by atoms with Crippen LogP contribution < -0.4 is 0 Å². The zero-order valence-corrected chi connectivity index (χ0v) is 78.2. The van der Waals surface area contributed by atoms with Crippen molar-refractivity contribution in [3.05, 3.63) is 182 Å². The van der Waals surface area contributed by atoms with Gasteiger partial charge in [0.1, 0.15) is 25.4 Å². The highest BCUT2D eigenvalue weighted by Gasteiger charge is 2.30. The third-order valence-electron chi connectivity index (χ3n) is 20.1. The first kappa shape index (κ1) is 116. The maximum atomic E-state index is 13.1. The molecule has 0 aliphatic carbocycles. The van der Waals surface area contributed by atoms with E-state index in [1.54, 1.807) is 0 Å². The number of hydrogen-bond acceptors (Lipinski definition) is 14. The molecule has 0 saturated carbocycles. The summed E-state index contributed by atoms with van der Waals surface area (Å²) in [6, 6.07) is 0. The van der Waals surface area contributed by atoms with Crippen LogP contribution in [0.1, 0.15) is 393 Å². The van der Waals surface area contributed by atoms with E-state index in [0.717, 1.165) is 167 Å². The summed E-state index contributed by atoms with van der Waals surface area (Å²) >= 11 is 0. The van der Waals surface area contributed by atoms with Crippen LogP contribution in [0.3, 0.4) is 0 Å². The number of ether oxygens (including phenoxy) is 3. The monoisotopic (exact) mass is 1730 g/mol. The number of allylic oxidation sites excluding steroid dienone is 30. The fraction of sp³-hybridized carbons (Fsp3) is 0.680. The zero-order valence-electron chi connectivity index (χ0n) is 76.4. The molecule has 692 valence electrons. The molecule has 0 aromatic heterocycles. The van der Waals surface area contributed by atoms with Crippen molar-refractivity contribution in [2.45, 2.75) is 411 Å². The molecule has 16 nitrogen and oxygen atoms in total. The molecule has 0 saturated heterocycles. The summed E-state index contributed by atoms with van der Waals surface area (Å²) in [6.45, 7) is 2.44. The summed E-state index contributed by atoms with van der Waals surface area (Å²) in [4.78, 5) is 59.1. The Bertz CT molecular complexity index is 2930. The molecule has 0 aliphatic heterocycles. The summed E-state index contributed by atoms with van der Waals surface area (Å²) < 4.78 is 61.5. The van der Waals surface area contributed by atoms with E-state index in [-0.39, 0.29) is 19.3 Å². The minimum atomic E-state index is -4.96. The molecule has 0 aliphatic rings. The lowest BCUT2D eigenvalue weighted by atomic mass is 10.0. The Balaban J connectivity index is 4.58. The van der Waals surface area contributed by atoms with Gasteiger partial charge in [-0.15, -0.1) is 0 Å². The summed E-state index contributed by atoms with van der Waals surface area (Å²) in [5.41, 5.74) is 0. The number of hydrogen-bond donors (Lipinski definition) is 4. The second-order valence-corrected chi connectivity index (χ2v) is 34.7. The number of rotatable bonds is 90. The molecule has 5 unspecified atom stereocenters. The van der Waals surface area contributed by atoms with Gasteiger partial charge in [0.25, 0.3) is 0 Å². The van der Waals surface area contributed by atoms with Gasteiger partial charge in [-0.05, 0) is 161 Å². The molecule has 0 spiro atoms. The lowest BCUT2D eigenvalue weighted by molar-refractivity contribution is -0.161. The SMILES string of the molecule is CC/C=C\C/C=C\C/C=C\C/C=C\C/C=C\C/C=C\CCCCCCC(=O)OC(COC(=O)CCCCCCCCCCCCC/C=C\C/C=C\C/C=C\C/C=C\C/C=C\CC)COP(=O)(O)OCC(O)COP(=O)(O)OCC(O)COC(=O)CCCCCCCCCCCCCCCCCCCCC/C=C\C/C=C\C/C=C\C/C=C\CCCCC. The van der Waals surface area contributed by atoms with Crippen LogP contribution in [0.4, 0.5) is 0 Å². The van der Waals surface area contributed by atoms with Gasteiger partial charge in [-0.25, -0.2) is 9.13 Å². The van der Waals surface area contributed by atoms with Crippen molar-refractivity contribution in [1.82, 2.24) is 0 Å². The first-order valence-corrected chi connectivity index (χ1v) is 51.1. The van der Waals surface area contributed by atoms with Gasteiger partial charge in [-0.1, -0.05) is 396 Å². The fourth-order valence-electron chi connectivity index (χ4n) is 12.9. The molecule has 4 N–H and O–H groups in total. The highest BCUT2D eigenvalue weighted by Crippen LogP contribution is 2.45. The summed E-state index contributed by atoms with van der Waals surface area (Å²) in [7, 11) is -9.83. The number of unbranched alkanes of at least 4 members (excludes halogenated alkanes) is 37. The van der Waals surface area contributed by atoms with Gasteiger partial charge >= 0.3 is 33.6 Å². The van der Waals surface area contributed by atoms with Crippen LogP contribution in [0.25, 0.3) is 0 Å². The number of aliphatic hydroxyl groups is 2. The van der Waals surface area contributed by atoms with Gasteiger partial charge in [0.05, 0.1) is 26.4 Å². The highest BCUT2D eigenvalue weighted by atomic mass is 31.2. The van der Waals surface area contributed by atoms with Crippen LogP contribution in [0, 0.1) is 0 Å². The Hall–Kier alpha value is -5.35. The van der Waals surface area contributed by atoms with E-state index in [1.807, 2.05) is 0 Å². The first-order valence-electron chi connectivity index (χ1n) is 48.1. The molecular formula is C103H174O16P2. The Morgan fingerprint density at radius 1 is 0.240 bits per heavy atom. The third-order valence-corrected chi connectivity index (χ3v) is 22.0. The predicted octanol–water partition coefficient (Wildman–Crippen LogP) is 30.0. The largest absolute Gasteiger partial charge is 0.472 e. The molecule has 0 bridgehead atoms. The topological polar surface area (TPSA) is 231 Å². The number of esters is 3. The van der Waals surface area contributed by atoms with Crippen molar-refractivity contribution in [2.75, 3.05) is 39.6 Å². The van der Waals surface area contributed by atoms with E-state index in [0.29, 0.717) is 19.3 Å². The number of phosphoric ester groups is 2. The maximum absolute atomic E-state index is 13.1. The Morgan fingerprint density at radius 3 is 0.694 bits per heavy atom. The van der Waals surface area contributed by atoms with Crippen molar-refractivity contribution in [1.29, 1.82) is 0 Å². The molecule has 121 heavy (non-hydrogen) atoms. The van der Waals surface area contributed by atoms with Crippen LogP contribution in [0.5, 0.6) is 0 Å². The molecule has 0 heterocycles. The molecule has 5 atom stereocenters. The van der Waals surface area contributed by atoms with E-state index in [9.17, 15) is 43.5 Å².